The van der Waals surface area contributed by atoms with Gasteiger partial charge in [0.2, 0.25) is 11.8 Å². The Bertz CT molecular complexity index is 1410. The normalized spacial score (nSPS) is 14.5. The molecule has 0 aliphatic heterocycles. The standard InChI is InChI=1S/C30H33F2N3O4S/c1-2-27(30(37)33-24-10-6-7-11-24)34(20-22-16-18-23(31)19-17-22)29(36)21-35(28-15-9-8-14-26(28)32)40(38,39)25-12-4-3-5-13-25/h3-5,8-9,12-19,24,27H,2,6-7,10-11,20-21H2,1H3,(H,33,37). The van der Waals surface area contributed by atoms with Crippen LogP contribution in [0.25, 0.3) is 0 Å². The molecular formula is C30H33F2N3O4S. The van der Waals surface area contributed by atoms with Gasteiger partial charge in [0.05, 0.1) is 10.6 Å². The van der Waals surface area contributed by atoms with Gasteiger partial charge in [-0.15, -0.1) is 0 Å². The van der Waals surface area contributed by atoms with Crippen LogP contribution in [-0.4, -0.2) is 43.8 Å². The lowest BCUT2D eigenvalue weighted by Crippen LogP contribution is -2.53. The van der Waals surface area contributed by atoms with Crippen molar-refractivity contribution in [2.75, 3.05) is 10.8 Å². The molecule has 0 heterocycles. The number of rotatable bonds is 11. The molecule has 1 N–H and O–H groups in total. The van der Waals surface area contributed by atoms with Crippen LogP contribution in [0.5, 0.6) is 0 Å². The molecule has 1 saturated carbocycles. The SMILES string of the molecule is CCC(C(=O)NC1CCCC1)N(Cc1ccc(F)cc1)C(=O)CN(c1ccccc1F)S(=O)(=O)c1ccccc1. The Labute approximate surface area is 233 Å². The van der Waals surface area contributed by atoms with Crippen molar-refractivity contribution in [1.82, 2.24) is 10.2 Å². The van der Waals surface area contributed by atoms with E-state index < -0.39 is 40.2 Å². The van der Waals surface area contributed by atoms with Crippen molar-refractivity contribution in [3.05, 3.63) is 96.1 Å². The lowest BCUT2D eigenvalue weighted by molar-refractivity contribution is -0.140. The molecule has 7 nitrogen and oxygen atoms in total. The Morgan fingerprint density at radius 2 is 1.55 bits per heavy atom. The van der Waals surface area contributed by atoms with Crippen molar-refractivity contribution in [1.29, 1.82) is 0 Å². The minimum atomic E-state index is -4.36. The van der Waals surface area contributed by atoms with Gasteiger partial charge in [-0.3, -0.25) is 13.9 Å². The molecule has 3 aromatic rings. The molecule has 10 heteroatoms. The maximum atomic E-state index is 15.0. The monoisotopic (exact) mass is 569 g/mol. The van der Waals surface area contributed by atoms with E-state index in [4.69, 9.17) is 0 Å². The van der Waals surface area contributed by atoms with Crippen molar-refractivity contribution in [3.63, 3.8) is 0 Å². The van der Waals surface area contributed by atoms with Crippen LogP contribution in [0.3, 0.4) is 0 Å². The number of hydrogen-bond acceptors (Lipinski definition) is 4. The van der Waals surface area contributed by atoms with Gasteiger partial charge in [-0.25, -0.2) is 17.2 Å². The largest absolute Gasteiger partial charge is 0.352 e. The average molecular weight is 570 g/mol. The van der Waals surface area contributed by atoms with E-state index in [1.807, 2.05) is 0 Å². The zero-order valence-electron chi connectivity index (χ0n) is 22.3. The second-order valence-corrected chi connectivity index (χ2v) is 11.7. The van der Waals surface area contributed by atoms with Gasteiger partial charge in [-0.1, -0.05) is 62.2 Å². The van der Waals surface area contributed by atoms with Crippen LogP contribution in [0.15, 0.2) is 83.8 Å². The average Bonchev–Trinajstić information content (AvgIpc) is 3.46. The molecule has 1 fully saturated rings. The summed E-state index contributed by atoms with van der Waals surface area (Å²) in [6.45, 7) is 0.956. The van der Waals surface area contributed by atoms with E-state index in [-0.39, 0.29) is 35.5 Å². The Hall–Kier alpha value is -3.79. The highest BCUT2D eigenvalue weighted by molar-refractivity contribution is 7.92. The van der Waals surface area contributed by atoms with Crippen LogP contribution < -0.4 is 9.62 Å². The summed E-state index contributed by atoms with van der Waals surface area (Å²) in [4.78, 5) is 28.6. The second-order valence-electron chi connectivity index (χ2n) is 9.84. The third-order valence-corrected chi connectivity index (χ3v) is 8.86. The number of hydrogen-bond donors (Lipinski definition) is 1. The van der Waals surface area contributed by atoms with Gasteiger partial charge in [0.25, 0.3) is 10.0 Å². The lowest BCUT2D eigenvalue weighted by atomic mass is 10.1. The summed E-state index contributed by atoms with van der Waals surface area (Å²) in [5.41, 5.74) is 0.273. The Kier molecular flexibility index (Phi) is 9.52. The summed E-state index contributed by atoms with van der Waals surface area (Å²) >= 11 is 0. The fourth-order valence-corrected chi connectivity index (χ4v) is 6.40. The van der Waals surface area contributed by atoms with E-state index in [1.165, 1.54) is 71.6 Å². The van der Waals surface area contributed by atoms with E-state index >= 15 is 0 Å². The van der Waals surface area contributed by atoms with Crippen LogP contribution >= 0.6 is 0 Å². The quantitative estimate of drug-likeness (QED) is 0.351. The summed E-state index contributed by atoms with van der Waals surface area (Å²) in [6, 6.07) is 17.4. The lowest BCUT2D eigenvalue weighted by Gasteiger charge is -2.33. The molecule has 1 aliphatic rings. The second kappa shape index (κ2) is 13.0. The molecule has 4 rings (SSSR count). The van der Waals surface area contributed by atoms with Crippen molar-refractivity contribution in [2.24, 2.45) is 0 Å². The third-order valence-electron chi connectivity index (χ3n) is 7.08. The summed E-state index contributed by atoms with van der Waals surface area (Å²) in [6.07, 6.45) is 3.98. The molecule has 212 valence electrons. The number of sulfonamides is 1. The number of para-hydroxylation sites is 1. The Balaban J connectivity index is 1.71. The van der Waals surface area contributed by atoms with Crippen LogP contribution in [-0.2, 0) is 26.2 Å². The van der Waals surface area contributed by atoms with E-state index in [0.717, 1.165) is 36.1 Å². The molecule has 1 unspecified atom stereocenters. The number of amides is 2. The first kappa shape index (κ1) is 29.2. The number of nitrogens with one attached hydrogen (secondary N) is 1. The predicted molar refractivity (Wildman–Crippen MR) is 149 cm³/mol. The highest BCUT2D eigenvalue weighted by Gasteiger charge is 2.35. The summed E-state index contributed by atoms with van der Waals surface area (Å²) in [5.74, 6) is -2.30. The maximum absolute atomic E-state index is 15.0. The molecule has 40 heavy (non-hydrogen) atoms. The number of carbonyl (C=O) groups excluding carboxylic acids is 2. The van der Waals surface area contributed by atoms with Gasteiger partial charge in [0.1, 0.15) is 24.2 Å². The molecule has 1 atom stereocenters. The number of nitrogens with zero attached hydrogens (tertiary/aromatic N) is 2. The molecule has 0 bridgehead atoms. The maximum Gasteiger partial charge on any atom is 0.264 e. The fourth-order valence-electron chi connectivity index (χ4n) is 4.96. The first-order valence-corrected chi connectivity index (χ1v) is 14.8. The first-order chi connectivity index (χ1) is 19.2. The van der Waals surface area contributed by atoms with Crippen molar-refractivity contribution in [2.45, 2.75) is 62.6 Å². The molecule has 3 aromatic carbocycles. The number of benzene rings is 3. The molecule has 0 spiro atoms. The van der Waals surface area contributed by atoms with Crippen LogP contribution in [0.2, 0.25) is 0 Å². The molecule has 0 saturated heterocycles. The van der Waals surface area contributed by atoms with Gasteiger partial charge in [-0.05, 0) is 61.2 Å². The minimum absolute atomic E-state index is 0.0118. The van der Waals surface area contributed by atoms with Gasteiger partial charge in [0.15, 0.2) is 0 Å². The number of anilines is 1. The molecule has 1 aliphatic carbocycles. The molecule has 0 aromatic heterocycles. The number of halogens is 2. The highest BCUT2D eigenvalue weighted by Crippen LogP contribution is 2.27. The van der Waals surface area contributed by atoms with Crippen LogP contribution in [0.4, 0.5) is 14.5 Å². The predicted octanol–water partition coefficient (Wildman–Crippen LogP) is 5.03. The van der Waals surface area contributed by atoms with Gasteiger partial charge >= 0.3 is 0 Å². The zero-order chi connectivity index (χ0) is 28.7. The molecular weight excluding hydrogens is 536 g/mol. The van der Waals surface area contributed by atoms with E-state index in [1.54, 1.807) is 13.0 Å². The number of carbonyl (C=O) groups is 2. The summed E-state index contributed by atoms with van der Waals surface area (Å²) < 4.78 is 56.7. The van der Waals surface area contributed by atoms with Gasteiger partial charge < -0.3 is 10.2 Å². The van der Waals surface area contributed by atoms with Crippen molar-refractivity contribution < 1.29 is 26.8 Å². The van der Waals surface area contributed by atoms with Gasteiger partial charge in [0, 0.05) is 12.6 Å². The van der Waals surface area contributed by atoms with Crippen LogP contribution in [0, 0.1) is 11.6 Å². The molecule has 0 radical (unpaired) electrons. The van der Waals surface area contributed by atoms with Crippen molar-refractivity contribution >= 4 is 27.5 Å². The Morgan fingerprint density at radius 1 is 0.925 bits per heavy atom. The third kappa shape index (κ3) is 6.85. The Morgan fingerprint density at radius 3 is 2.17 bits per heavy atom. The summed E-state index contributed by atoms with van der Waals surface area (Å²) in [7, 11) is -4.36. The topological polar surface area (TPSA) is 86.8 Å². The highest BCUT2D eigenvalue weighted by atomic mass is 32.2. The van der Waals surface area contributed by atoms with Gasteiger partial charge in [-0.2, -0.15) is 0 Å². The van der Waals surface area contributed by atoms with Crippen molar-refractivity contribution in [3.8, 4) is 0 Å². The fraction of sp³-hybridized carbons (Fsp3) is 0.333. The van der Waals surface area contributed by atoms with E-state index in [9.17, 15) is 26.8 Å². The molecule has 2 amide bonds. The minimum Gasteiger partial charge on any atom is -0.352 e. The summed E-state index contributed by atoms with van der Waals surface area (Å²) in [5, 5.41) is 3.03. The van der Waals surface area contributed by atoms with E-state index in [0.29, 0.717) is 5.56 Å². The first-order valence-electron chi connectivity index (χ1n) is 13.4. The zero-order valence-corrected chi connectivity index (χ0v) is 23.1. The smallest absolute Gasteiger partial charge is 0.264 e. The van der Waals surface area contributed by atoms with Crippen LogP contribution in [0.1, 0.15) is 44.6 Å². The van der Waals surface area contributed by atoms with E-state index in [2.05, 4.69) is 5.32 Å².